The lowest BCUT2D eigenvalue weighted by Crippen LogP contribution is -3.00. The van der Waals surface area contributed by atoms with Gasteiger partial charge in [-0.3, -0.25) is 4.79 Å². The number of rotatable bonds is 4. The van der Waals surface area contributed by atoms with Gasteiger partial charge in [0.2, 0.25) is 0 Å². The summed E-state index contributed by atoms with van der Waals surface area (Å²) in [6.07, 6.45) is 5.20. The largest absolute Gasteiger partial charge is 1.00 e. The van der Waals surface area contributed by atoms with Gasteiger partial charge in [0.25, 0.3) is 11.7 Å². The molecule has 0 spiro atoms. The second kappa shape index (κ2) is 8.39. The molecule has 2 unspecified atom stereocenters. The van der Waals surface area contributed by atoms with Gasteiger partial charge >= 0.3 is 0 Å². The van der Waals surface area contributed by atoms with Gasteiger partial charge in [0.05, 0.1) is 0 Å². The van der Waals surface area contributed by atoms with Crippen LogP contribution in [0.1, 0.15) is 35.9 Å². The molecule has 1 fully saturated rings. The van der Waals surface area contributed by atoms with Crippen LogP contribution in [0.3, 0.4) is 0 Å². The van der Waals surface area contributed by atoms with Gasteiger partial charge in [0.1, 0.15) is 25.1 Å². The summed E-state index contributed by atoms with van der Waals surface area (Å²) >= 11 is 0. The van der Waals surface area contributed by atoms with E-state index in [1.165, 1.54) is 22.4 Å². The molecule has 1 amide bonds. The van der Waals surface area contributed by atoms with Crippen molar-refractivity contribution in [2.24, 2.45) is 0 Å². The number of likely N-dealkylation sites (N-methyl/N-ethyl adjacent to an activating group) is 1. The number of hydrogen-bond donors (Lipinski definition) is 0. The number of para-hydroxylation sites is 1. The average molecular weight is 495 g/mol. The van der Waals surface area contributed by atoms with E-state index in [-0.39, 0.29) is 34.5 Å². The van der Waals surface area contributed by atoms with E-state index in [4.69, 9.17) is 0 Å². The Morgan fingerprint density at radius 2 is 1.84 bits per heavy atom. The Bertz CT molecular complexity index is 1140. The van der Waals surface area contributed by atoms with Gasteiger partial charge in [-0.2, -0.15) is 0 Å². The summed E-state index contributed by atoms with van der Waals surface area (Å²) in [6, 6.07) is 17.2. The monoisotopic (exact) mass is 494 g/mol. The molecule has 6 heteroatoms. The third-order valence-electron chi connectivity index (χ3n) is 7.36. The highest BCUT2D eigenvalue weighted by Crippen LogP contribution is 2.51. The minimum absolute atomic E-state index is 0. The number of carbonyl (C=O) groups excluding carboxylic acids is 1. The molecular weight excluding hydrogens is 464 g/mol. The Kier molecular flexibility index (Phi) is 5.93. The lowest BCUT2D eigenvalue weighted by atomic mass is 9.81. The van der Waals surface area contributed by atoms with Gasteiger partial charge in [0, 0.05) is 31.6 Å². The number of imidazole rings is 1. The SMILES string of the molecule is Cc1ccc(C[n+]2ccn(CC(=O)N3CCC4(C)c5ccccc5N(C)C34)c2C)cc1.[Br-]. The Balaban J connectivity index is 0.00000245. The first-order valence-electron chi connectivity index (χ1n) is 11.1. The second-order valence-electron chi connectivity index (χ2n) is 9.34. The van der Waals surface area contributed by atoms with Crippen molar-refractivity contribution in [3.8, 4) is 0 Å². The first kappa shape index (κ1) is 22.6. The minimum atomic E-state index is -0.00190. The molecule has 2 atom stereocenters. The topological polar surface area (TPSA) is 32.4 Å². The Hall–Kier alpha value is -2.60. The number of benzene rings is 2. The standard InChI is InChI=1S/C26H31N4O.BrH/c1-19-9-11-21(12-10-19)17-28-15-16-29(20(28)2)18-24(31)30-14-13-26(3)22-7-5-6-8-23(22)27(4)25(26)30;/h5-12,15-16,25H,13-14,17-18H2,1-4H3;1H/q+1;/p-1. The van der Waals surface area contributed by atoms with Crippen LogP contribution in [0.5, 0.6) is 0 Å². The van der Waals surface area contributed by atoms with Crippen molar-refractivity contribution in [2.75, 3.05) is 18.5 Å². The molecule has 32 heavy (non-hydrogen) atoms. The highest BCUT2D eigenvalue weighted by atomic mass is 79.9. The van der Waals surface area contributed by atoms with E-state index in [1.807, 2.05) is 6.20 Å². The molecule has 1 saturated heterocycles. The molecular formula is C26H31BrN4O. The summed E-state index contributed by atoms with van der Waals surface area (Å²) in [5.74, 6) is 1.29. The number of carbonyl (C=O) groups is 1. The zero-order valence-electron chi connectivity index (χ0n) is 19.3. The maximum Gasteiger partial charge on any atom is 0.266 e. The number of nitrogens with zero attached hydrogens (tertiary/aromatic N) is 4. The van der Waals surface area contributed by atoms with Crippen molar-refractivity contribution in [2.45, 2.75) is 51.9 Å². The van der Waals surface area contributed by atoms with Crippen LogP contribution in [0.15, 0.2) is 60.9 Å². The first-order chi connectivity index (χ1) is 14.9. The van der Waals surface area contributed by atoms with Crippen LogP contribution in [-0.2, 0) is 23.3 Å². The highest BCUT2D eigenvalue weighted by molar-refractivity contribution is 5.79. The summed E-state index contributed by atoms with van der Waals surface area (Å²) in [7, 11) is 2.12. The number of aromatic nitrogens is 2. The van der Waals surface area contributed by atoms with Gasteiger partial charge in [0.15, 0.2) is 6.54 Å². The summed E-state index contributed by atoms with van der Waals surface area (Å²) < 4.78 is 4.29. The average Bonchev–Trinajstić information content (AvgIpc) is 3.36. The van der Waals surface area contributed by atoms with E-state index in [0.717, 1.165) is 25.3 Å². The normalized spacial score (nSPS) is 21.3. The number of anilines is 1. The number of halogens is 1. The fourth-order valence-corrected chi connectivity index (χ4v) is 5.52. The van der Waals surface area contributed by atoms with E-state index >= 15 is 0 Å². The van der Waals surface area contributed by atoms with Crippen LogP contribution in [0.25, 0.3) is 0 Å². The van der Waals surface area contributed by atoms with Crippen molar-refractivity contribution in [3.63, 3.8) is 0 Å². The van der Waals surface area contributed by atoms with Crippen LogP contribution in [0.4, 0.5) is 5.69 Å². The van der Waals surface area contributed by atoms with Crippen LogP contribution in [0, 0.1) is 13.8 Å². The van der Waals surface area contributed by atoms with Crippen LogP contribution >= 0.6 is 0 Å². The van der Waals surface area contributed by atoms with Gasteiger partial charge in [-0.1, -0.05) is 55.0 Å². The fraction of sp³-hybridized carbons (Fsp3) is 0.385. The van der Waals surface area contributed by atoms with E-state index < -0.39 is 0 Å². The number of fused-ring (bicyclic) bond motifs is 3. The van der Waals surface area contributed by atoms with Gasteiger partial charge in [-0.15, -0.1) is 0 Å². The Morgan fingerprint density at radius 3 is 2.59 bits per heavy atom. The zero-order valence-corrected chi connectivity index (χ0v) is 20.8. The quantitative estimate of drug-likeness (QED) is 0.492. The van der Waals surface area contributed by atoms with Crippen molar-refractivity contribution < 1.29 is 26.3 Å². The van der Waals surface area contributed by atoms with Crippen LogP contribution in [0.2, 0.25) is 0 Å². The predicted octanol–water partition coefficient (Wildman–Crippen LogP) is 0.411. The summed E-state index contributed by atoms with van der Waals surface area (Å²) in [5, 5.41) is 0. The van der Waals surface area contributed by atoms with Crippen LogP contribution < -0.4 is 26.4 Å². The van der Waals surface area contributed by atoms with Gasteiger partial charge in [-0.25, -0.2) is 9.13 Å². The lowest BCUT2D eigenvalue weighted by molar-refractivity contribution is -0.693. The molecule has 0 saturated carbocycles. The number of amides is 1. The van der Waals surface area contributed by atoms with E-state index in [1.54, 1.807) is 0 Å². The molecule has 3 aromatic rings. The summed E-state index contributed by atoms with van der Waals surface area (Å²) in [5.41, 5.74) is 5.15. The molecule has 168 valence electrons. The fourth-order valence-electron chi connectivity index (χ4n) is 5.52. The molecule has 1 aromatic heterocycles. The maximum atomic E-state index is 13.4. The van der Waals surface area contributed by atoms with Gasteiger partial charge in [-0.05, 0) is 30.5 Å². The number of hydrogen-bond acceptors (Lipinski definition) is 2. The molecule has 5 nitrogen and oxygen atoms in total. The zero-order chi connectivity index (χ0) is 21.8. The van der Waals surface area contributed by atoms with Crippen molar-refractivity contribution in [3.05, 3.63) is 83.4 Å². The third kappa shape index (κ3) is 3.54. The molecule has 2 aliphatic heterocycles. The molecule has 0 N–H and O–H groups in total. The molecule has 5 rings (SSSR count). The van der Waals surface area contributed by atoms with Crippen molar-refractivity contribution in [1.82, 2.24) is 9.47 Å². The van der Waals surface area contributed by atoms with E-state index in [9.17, 15) is 4.79 Å². The predicted molar refractivity (Wildman–Crippen MR) is 122 cm³/mol. The first-order valence-corrected chi connectivity index (χ1v) is 11.1. The molecule has 0 bridgehead atoms. The maximum absolute atomic E-state index is 13.4. The Labute approximate surface area is 201 Å². The third-order valence-corrected chi connectivity index (χ3v) is 7.36. The highest BCUT2D eigenvalue weighted by Gasteiger charge is 2.54. The number of aryl methyl sites for hydroxylation is 1. The molecule has 0 radical (unpaired) electrons. The summed E-state index contributed by atoms with van der Waals surface area (Å²) in [6.45, 7) is 8.51. The minimum Gasteiger partial charge on any atom is -1.00 e. The molecule has 2 aliphatic rings. The summed E-state index contributed by atoms with van der Waals surface area (Å²) in [4.78, 5) is 17.8. The number of likely N-dealkylation sites (tertiary alicyclic amines) is 1. The molecule has 0 aliphatic carbocycles. The van der Waals surface area contributed by atoms with Crippen LogP contribution in [-0.4, -0.2) is 35.1 Å². The van der Waals surface area contributed by atoms with Gasteiger partial charge < -0.3 is 26.8 Å². The Morgan fingerprint density at radius 1 is 1.12 bits per heavy atom. The lowest BCUT2D eigenvalue weighted by Gasteiger charge is -2.34. The van der Waals surface area contributed by atoms with Crippen molar-refractivity contribution >= 4 is 11.6 Å². The van der Waals surface area contributed by atoms with Crippen molar-refractivity contribution in [1.29, 1.82) is 0 Å². The van der Waals surface area contributed by atoms with E-state index in [2.05, 4.69) is 101 Å². The van der Waals surface area contributed by atoms with E-state index in [0.29, 0.717) is 6.54 Å². The molecule has 3 heterocycles. The molecule has 2 aromatic carbocycles. The smallest absolute Gasteiger partial charge is 0.266 e. The second-order valence-corrected chi connectivity index (χ2v) is 9.34.